The largest absolute Gasteiger partial charge is 0.360 e. The molecule has 19 heavy (non-hydrogen) atoms. The predicted molar refractivity (Wildman–Crippen MR) is 89.3 cm³/mol. The number of aryl methyl sites for hydroxylation is 1. The van der Waals surface area contributed by atoms with E-state index in [4.69, 9.17) is 12.2 Å². The lowest BCUT2D eigenvalue weighted by Crippen LogP contribution is -2.38. The Hall–Kier alpha value is -0.740. The molecule has 0 saturated heterocycles. The van der Waals surface area contributed by atoms with Crippen molar-refractivity contribution in [2.45, 2.75) is 56.4 Å². The number of hydrogen-bond donors (Lipinski definition) is 3. The van der Waals surface area contributed by atoms with Gasteiger partial charge in [-0.3, -0.25) is 0 Å². The quantitative estimate of drug-likeness (QED) is 0.576. The number of anilines is 1. The monoisotopic (exact) mass is 294 g/mol. The first kappa shape index (κ1) is 14.7. The maximum atomic E-state index is 5.38. The van der Waals surface area contributed by atoms with E-state index < -0.39 is 0 Å². The zero-order valence-corrected chi connectivity index (χ0v) is 13.1. The highest BCUT2D eigenvalue weighted by Gasteiger charge is 2.14. The topological polar surface area (TPSA) is 24.1 Å². The summed E-state index contributed by atoms with van der Waals surface area (Å²) in [7, 11) is 0. The minimum Gasteiger partial charge on any atom is -0.360 e. The van der Waals surface area contributed by atoms with Gasteiger partial charge in [0.25, 0.3) is 0 Å². The van der Waals surface area contributed by atoms with Crippen LogP contribution in [0.2, 0.25) is 0 Å². The highest BCUT2D eigenvalue weighted by molar-refractivity contribution is 7.81. The van der Waals surface area contributed by atoms with Crippen LogP contribution in [0.4, 0.5) is 5.69 Å². The average molecular weight is 294 g/mol. The molecular weight excluding hydrogens is 272 g/mol. The normalized spacial score (nSPS) is 16.1. The molecule has 0 unspecified atom stereocenters. The van der Waals surface area contributed by atoms with Crippen molar-refractivity contribution >= 4 is 35.6 Å². The SMILES string of the molecule is CCc1ccc(NC(=S)NC2CCCCC2)c(S)c1. The highest BCUT2D eigenvalue weighted by Crippen LogP contribution is 2.22. The van der Waals surface area contributed by atoms with Crippen molar-refractivity contribution in [3.05, 3.63) is 23.8 Å². The van der Waals surface area contributed by atoms with E-state index in [1.165, 1.54) is 37.7 Å². The maximum absolute atomic E-state index is 5.38. The maximum Gasteiger partial charge on any atom is 0.171 e. The second kappa shape index (κ2) is 7.15. The summed E-state index contributed by atoms with van der Waals surface area (Å²) < 4.78 is 0. The van der Waals surface area contributed by atoms with Crippen LogP contribution in [0, 0.1) is 0 Å². The number of rotatable bonds is 3. The third-order valence-corrected chi connectivity index (χ3v) is 4.25. The van der Waals surface area contributed by atoms with Crippen molar-refractivity contribution in [2.75, 3.05) is 5.32 Å². The molecule has 2 nitrogen and oxygen atoms in total. The zero-order valence-electron chi connectivity index (χ0n) is 11.4. The summed E-state index contributed by atoms with van der Waals surface area (Å²) in [5.41, 5.74) is 2.27. The number of thiol groups is 1. The molecule has 104 valence electrons. The molecular formula is C15H22N2S2. The highest BCUT2D eigenvalue weighted by atomic mass is 32.1. The van der Waals surface area contributed by atoms with Crippen LogP contribution >= 0.6 is 24.8 Å². The first-order valence-corrected chi connectivity index (χ1v) is 7.94. The number of benzene rings is 1. The van der Waals surface area contributed by atoms with Crippen LogP contribution in [0.15, 0.2) is 23.1 Å². The van der Waals surface area contributed by atoms with E-state index in [2.05, 4.69) is 48.4 Å². The molecule has 0 spiro atoms. The van der Waals surface area contributed by atoms with Gasteiger partial charge in [-0.05, 0) is 49.2 Å². The Labute approximate surface area is 126 Å². The van der Waals surface area contributed by atoms with Gasteiger partial charge in [0, 0.05) is 10.9 Å². The van der Waals surface area contributed by atoms with E-state index in [1.54, 1.807) is 0 Å². The predicted octanol–water partition coefficient (Wildman–Crippen LogP) is 4.16. The van der Waals surface area contributed by atoms with Gasteiger partial charge >= 0.3 is 0 Å². The molecule has 2 rings (SSSR count). The summed E-state index contributed by atoms with van der Waals surface area (Å²) in [5.74, 6) is 0. The van der Waals surface area contributed by atoms with Gasteiger partial charge < -0.3 is 10.6 Å². The summed E-state index contributed by atoms with van der Waals surface area (Å²) in [5, 5.41) is 7.38. The van der Waals surface area contributed by atoms with Gasteiger partial charge in [0.05, 0.1) is 5.69 Å². The molecule has 0 amide bonds. The third-order valence-electron chi connectivity index (χ3n) is 3.66. The van der Waals surface area contributed by atoms with E-state index in [0.717, 1.165) is 17.0 Å². The third kappa shape index (κ3) is 4.39. The van der Waals surface area contributed by atoms with Crippen molar-refractivity contribution < 1.29 is 0 Å². The van der Waals surface area contributed by atoms with Crippen LogP contribution in [0.3, 0.4) is 0 Å². The van der Waals surface area contributed by atoms with E-state index in [1.807, 2.05) is 0 Å². The van der Waals surface area contributed by atoms with E-state index in [9.17, 15) is 0 Å². The summed E-state index contributed by atoms with van der Waals surface area (Å²) in [6.07, 6.45) is 7.46. The molecule has 1 aromatic rings. The molecule has 1 aromatic carbocycles. The van der Waals surface area contributed by atoms with Crippen molar-refractivity contribution in [3.8, 4) is 0 Å². The smallest absolute Gasteiger partial charge is 0.171 e. The molecule has 1 fully saturated rings. The minimum absolute atomic E-state index is 0.534. The molecule has 1 saturated carbocycles. The Balaban J connectivity index is 1.91. The van der Waals surface area contributed by atoms with Crippen LogP contribution in [0.25, 0.3) is 0 Å². The van der Waals surface area contributed by atoms with Gasteiger partial charge in [-0.2, -0.15) is 0 Å². The first-order chi connectivity index (χ1) is 9.19. The lowest BCUT2D eigenvalue weighted by Gasteiger charge is -2.24. The Morgan fingerprint density at radius 1 is 1.32 bits per heavy atom. The van der Waals surface area contributed by atoms with Gasteiger partial charge in [-0.1, -0.05) is 32.3 Å². The first-order valence-electron chi connectivity index (χ1n) is 7.08. The molecule has 0 heterocycles. The lowest BCUT2D eigenvalue weighted by atomic mass is 9.96. The van der Waals surface area contributed by atoms with Gasteiger partial charge in [0.15, 0.2) is 5.11 Å². The second-order valence-corrected chi connectivity index (χ2v) is 6.03. The van der Waals surface area contributed by atoms with Crippen molar-refractivity contribution in [1.82, 2.24) is 5.32 Å². The van der Waals surface area contributed by atoms with Crippen LogP contribution in [-0.2, 0) is 6.42 Å². The van der Waals surface area contributed by atoms with Crippen LogP contribution in [0.5, 0.6) is 0 Å². The Kier molecular flexibility index (Phi) is 5.52. The summed E-state index contributed by atoms with van der Waals surface area (Å²) in [4.78, 5) is 0.951. The standard InChI is InChI=1S/C15H22N2S2/c1-2-11-8-9-13(14(18)10-11)17-15(19)16-12-6-4-3-5-7-12/h8-10,12,18H,2-7H2,1H3,(H2,16,17,19). The molecule has 1 aliphatic carbocycles. The number of thiocarbonyl (C=S) groups is 1. The molecule has 2 N–H and O–H groups in total. The van der Waals surface area contributed by atoms with Gasteiger partial charge in [0.2, 0.25) is 0 Å². The molecule has 1 aliphatic rings. The van der Waals surface area contributed by atoms with Crippen LogP contribution < -0.4 is 10.6 Å². The summed E-state index contributed by atoms with van der Waals surface area (Å²) >= 11 is 9.89. The van der Waals surface area contributed by atoms with Gasteiger partial charge in [0.1, 0.15) is 0 Å². The lowest BCUT2D eigenvalue weighted by molar-refractivity contribution is 0.415. The summed E-state index contributed by atoms with van der Waals surface area (Å²) in [6, 6.07) is 6.79. The van der Waals surface area contributed by atoms with E-state index >= 15 is 0 Å². The number of hydrogen-bond acceptors (Lipinski definition) is 2. The van der Waals surface area contributed by atoms with Gasteiger partial charge in [-0.15, -0.1) is 12.6 Å². The molecule has 0 aromatic heterocycles. The van der Waals surface area contributed by atoms with Gasteiger partial charge in [-0.25, -0.2) is 0 Å². The second-order valence-electron chi connectivity index (χ2n) is 5.14. The molecule has 4 heteroatoms. The van der Waals surface area contributed by atoms with Crippen molar-refractivity contribution in [1.29, 1.82) is 0 Å². The molecule has 0 aliphatic heterocycles. The van der Waals surface area contributed by atoms with Crippen molar-refractivity contribution in [2.24, 2.45) is 0 Å². The number of nitrogens with one attached hydrogen (secondary N) is 2. The zero-order chi connectivity index (χ0) is 13.7. The average Bonchev–Trinajstić information content (AvgIpc) is 2.42. The molecule has 0 bridgehead atoms. The van der Waals surface area contributed by atoms with Crippen LogP contribution in [0.1, 0.15) is 44.6 Å². The minimum atomic E-state index is 0.534. The van der Waals surface area contributed by atoms with Crippen molar-refractivity contribution in [3.63, 3.8) is 0 Å². The fourth-order valence-corrected chi connectivity index (χ4v) is 3.07. The molecule has 0 atom stereocenters. The van der Waals surface area contributed by atoms with E-state index in [-0.39, 0.29) is 0 Å². The summed E-state index contributed by atoms with van der Waals surface area (Å²) in [6.45, 7) is 2.14. The molecule has 0 radical (unpaired) electrons. The Morgan fingerprint density at radius 3 is 2.68 bits per heavy atom. The Morgan fingerprint density at radius 2 is 2.05 bits per heavy atom. The van der Waals surface area contributed by atoms with E-state index in [0.29, 0.717) is 11.2 Å². The Bertz CT molecular complexity index is 440. The fourth-order valence-electron chi connectivity index (χ4n) is 2.49. The fraction of sp³-hybridized carbons (Fsp3) is 0.533. The van der Waals surface area contributed by atoms with Crippen LogP contribution in [-0.4, -0.2) is 11.2 Å².